The average molecular weight is 533 g/mol. The lowest BCUT2D eigenvalue weighted by molar-refractivity contribution is -0.159. The average Bonchev–Trinajstić information content (AvgIpc) is 2.83. The number of anilines is 1. The number of alkyl halides is 3. The number of hydrogen-bond donors (Lipinski definition) is 3. The van der Waals surface area contributed by atoms with E-state index < -0.39 is 29.8 Å². The maximum Gasteiger partial charge on any atom is 0.416 e. The van der Waals surface area contributed by atoms with Gasteiger partial charge in [0.25, 0.3) is 0 Å². The smallest absolute Gasteiger partial charge is 0.416 e. The summed E-state index contributed by atoms with van der Waals surface area (Å²) >= 11 is 5.89. The van der Waals surface area contributed by atoms with Crippen molar-refractivity contribution in [3.8, 4) is 0 Å². The minimum Gasteiger partial charge on any atom is -0.473 e. The SMILES string of the molecule is CC(OCC(O)CN1CCN(c2cccc(C(F)(F)F)c2)CC1)c1ccc(Cl)cc1.O=C(O)C(=O)O. The zero-order chi connectivity index (χ0) is 26.9. The van der Waals surface area contributed by atoms with Crippen LogP contribution in [0.2, 0.25) is 5.02 Å². The Balaban J connectivity index is 0.000000678. The van der Waals surface area contributed by atoms with Gasteiger partial charge in [0.05, 0.1) is 24.4 Å². The third-order valence-corrected chi connectivity index (χ3v) is 5.69. The molecule has 0 saturated carbocycles. The number of rotatable bonds is 7. The van der Waals surface area contributed by atoms with Crippen LogP contribution in [-0.4, -0.2) is 77.6 Å². The molecule has 36 heavy (non-hydrogen) atoms. The molecule has 2 atom stereocenters. The number of carboxylic acid groups (broad SMARTS) is 2. The quantitative estimate of drug-likeness (QED) is 0.462. The largest absolute Gasteiger partial charge is 0.473 e. The first kappa shape index (κ1) is 29.4. The second-order valence-electron chi connectivity index (χ2n) is 8.13. The fourth-order valence-corrected chi connectivity index (χ4v) is 3.63. The van der Waals surface area contributed by atoms with Gasteiger partial charge in [0, 0.05) is 43.4 Å². The molecule has 0 aromatic heterocycles. The monoisotopic (exact) mass is 532 g/mol. The summed E-state index contributed by atoms with van der Waals surface area (Å²) in [5, 5.41) is 25.8. The molecule has 2 aromatic rings. The molecule has 2 aromatic carbocycles. The van der Waals surface area contributed by atoms with Crippen molar-refractivity contribution in [2.45, 2.75) is 25.3 Å². The van der Waals surface area contributed by atoms with Gasteiger partial charge in [0.1, 0.15) is 0 Å². The van der Waals surface area contributed by atoms with Crippen LogP contribution in [-0.2, 0) is 20.5 Å². The molecule has 198 valence electrons. The van der Waals surface area contributed by atoms with E-state index in [1.807, 2.05) is 24.0 Å². The molecular formula is C24H28ClF3N2O6. The van der Waals surface area contributed by atoms with Crippen LogP contribution in [0.4, 0.5) is 18.9 Å². The summed E-state index contributed by atoms with van der Waals surface area (Å²) in [4.78, 5) is 22.2. The third kappa shape index (κ3) is 9.65. The minimum absolute atomic E-state index is 0.158. The van der Waals surface area contributed by atoms with E-state index in [0.717, 1.165) is 11.6 Å². The fraction of sp³-hybridized carbons (Fsp3) is 0.417. The van der Waals surface area contributed by atoms with Crippen LogP contribution < -0.4 is 4.90 Å². The lowest BCUT2D eigenvalue weighted by Gasteiger charge is -2.37. The van der Waals surface area contributed by atoms with E-state index in [2.05, 4.69) is 4.90 Å². The Hall–Kier alpha value is -2.86. The summed E-state index contributed by atoms with van der Waals surface area (Å²) in [7, 11) is 0. The molecule has 3 rings (SSSR count). The van der Waals surface area contributed by atoms with Gasteiger partial charge in [0.15, 0.2) is 0 Å². The van der Waals surface area contributed by atoms with Crippen LogP contribution >= 0.6 is 11.6 Å². The molecule has 0 spiro atoms. The number of β-amino-alcohol motifs (C(OH)–C–C–N with tert-alkyl or cyclic N) is 1. The van der Waals surface area contributed by atoms with Gasteiger partial charge in [-0.3, -0.25) is 4.90 Å². The zero-order valence-electron chi connectivity index (χ0n) is 19.5. The molecule has 3 N–H and O–H groups in total. The van der Waals surface area contributed by atoms with Crippen molar-refractivity contribution < 1.29 is 42.8 Å². The number of aliphatic hydroxyl groups excluding tert-OH is 1. The second kappa shape index (κ2) is 13.4. The predicted octanol–water partition coefficient (Wildman–Crippen LogP) is 3.78. The minimum atomic E-state index is -4.34. The van der Waals surface area contributed by atoms with Gasteiger partial charge in [-0.1, -0.05) is 29.8 Å². The Morgan fingerprint density at radius 3 is 2.14 bits per heavy atom. The van der Waals surface area contributed by atoms with Gasteiger partial charge in [-0.15, -0.1) is 0 Å². The molecule has 0 aliphatic carbocycles. The lowest BCUT2D eigenvalue weighted by atomic mass is 10.1. The molecule has 0 amide bonds. The zero-order valence-corrected chi connectivity index (χ0v) is 20.2. The molecule has 1 fully saturated rings. The van der Waals surface area contributed by atoms with E-state index in [-0.39, 0.29) is 12.7 Å². The first-order valence-corrected chi connectivity index (χ1v) is 11.4. The Morgan fingerprint density at radius 2 is 1.61 bits per heavy atom. The number of benzene rings is 2. The standard InChI is InChI=1S/C22H26ClF3N2O2.C2H2O4/c1-16(17-5-7-19(23)8-6-17)30-15-21(29)14-27-9-11-28(12-10-27)20-4-2-3-18(13-20)22(24,25)26;3-1(4)2(5)6/h2-8,13,16,21,29H,9-12,14-15H2,1H3;(H,3,4)(H,5,6). The van der Waals surface area contributed by atoms with E-state index in [1.165, 1.54) is 12.1 Å². The predicted molar refractivity (Wildman–Crippen MR) is 127 cm³/mol. The highest BCUT2D eigenvalue weighted by Crippen LogP contribution is 2.32. The Labute approximate surface area is 211 Å². The topological polar surface area (TPSA) is 111 Å². The van der Waals surface area contributed by atoms with E-state index in [4.69, 9.17) is 36.1 Å². The first-order chi connectivity index (χ1) is 16.9. The van der Waals surface area contributed by atoms with Gasteiger partial charge in [0.2, 0.25) is 0 Å². The van der Waals surface area contributed by atoms with E-state index in [0.29, 0.717) is 43.4 Å². The summed E-state index contributed by atoms with van der Waals surface area (Å²) < 4.78 is 44.5. The van der Waals surface area contributed by atoms with Crippen molar-refractivity contribution in [3.63, 3.8) is 0 Å². The maximum atomic E-state index is 12.9. The number of ether oxygens (including phenoxy) is 1. The van der Waals surface area contributed by atoms with Crippen molar-refractivity contribution in [2.24, 2.45) is 0 Å². The summed E-state index contributed by atoms with van der Waals surface area (Å²) in [6, 6.07) is 12.8. The number of carboxylic acids is 2. The summed E-state index contributed by atoms with van der Waals surface area (Å²) in [5.41, 5.74) is 0.927. The Kier molecular flexibility index (Phi) is 11.0. The number of halogens is 4. The maximum absolute atomic E-state index is 12.9. The van der Waals surface area contributed by atoms with Crippen molar-refractivity contribution in [1.29, 1.82) is 0 Å². The first-order valence-electron chi connectivity index (χ1n) is 11.0. The molecule has 0 radical (unpaired) electrons. The van der Waals surface area contributed by atoms with Crippen LogP contribution in [0, 0.1) is 0 Å². The van der Waals surface area contributed by atoms with E-state index >= 15 is 0 Å². The van der Waals surface area contributed by atoms with E-state index in [9.17, 15) is 18.3 Å². The number of piperazine rings is 1. The second-order valence-corrected chi connectivity index (χ2v) is 8.56. The highest BCUT2D eigenvalue weighted by Gasteiger charge is 2.31. The number of nitrogens with zero attached hydrogens (tertiary/aromatic N) is 2. The van der Waals surface area contributed by atoms with E-state index in [1.54, 1.807) is 18.2 Å². The Morgan fingerprint density at radius 1 is 1.03 bits per heavy atom. The summed E-state index contributed by atoms with van der Waals surface area (Å²) in [6.07, 6.45) is -5.14. The van der Waals surface area contributed by atoms with Crippen LogP contribution in [0.25, 0.3) is 0 Å². The molecule has 12 heteroatoms. The fourth-order valence-electron chi connectivity index (χ4n) is 3.50. The normalized spacial score (nSPS) is 16.0. The highest BCUT2D eigenvalue weighted by atomic mass is 35.5. The van der Waals surface area contributed by atoms with Gasteiger partial charge in [-0.25, -0.2) is 9.59 Å². The molecule has 1 aliphatic heterocycles. The molecular weight excluding hydrogens is 505 g/mol. The molecule has 1 heterocycles. The molecule has 8 nitrogen and oxygen atoms in total. The lowest BCUT2D eigenvalue weighted by Crippen LogP contribution is -2.49. The van der Waals surface area contributed by atoms with Crippen molar-refractivity contribution in [2.75, 3.05) is 44.2 Å². The van der Waals surface area contributed by atoms with Crippen LogP contribution in [0.1, 0.15) is 24.2 Å². The van der Waals surface area contributed by atoms with Crippen LogP contribution in [0.3, 0.4) is 0 Å². The summed E-state index contributed by atoms with van der Waals surface area (Å²) in [6.45, 7) is 5.14. The van der Waals surface area contributed by atoms with Gasteiger partial charge in [-0.05, 0) is 42.8 Å². The molecule has 0 bridgehead atoms. The summed E-state index contributed by atoms with van der Waals surface area (Å²) in [5.74, 6) is -3.65. The third-order valence-electron chi connectivity index (χ3n) is 5.44. The van der Waals surface area contributed by atoms with Crippen LogP contribution in [0.15, 0.2) is 48.5 Å². The number of hydrogen-bond acceptors (Lipinski definition) is 6. The van der Waals surface area contributed by atoms with Crippen LogP contribution in [0.5, 0.6) is 0 Å². The van der Waals surface area contributed by atoms with Crippen molar-refractivity contribution >= 4 is 29.2 Å². The van der Waals surface area contributed by atoms with Gasteiger partial charge >= 0.3 is 18.1 Å². The van der Waals surface area contributed by atoms with Gasteiger partial charge < -0.3 is 25.0 Å². The molecule has 1 saturated heterocycles. The number of aliphatic carboxylic acids is 2. The number of carbonyl (C=O) groups is 2. The van der Waals surface area contributed by atoms with Crippen molar-refractivity contribution in [3.05, 3.63) is 64.7 Å². The number of aliphatic hydroxyl groups is 1. The molecule has 2 unspecified atom stereocenters. The van der Waals surface area contributed by atoms with Gasteiger partial charge in [-0.2, -0.15) is 13.2 Å². The highest BCUT2D eigenvalue weighted by molar-refractivity contribution is 6.30. The van der Waals surface area contributed by atoms with Crippen molar-refractivity contribution in [1.82, 2.24) is 4.90 Å². The Bertz CT molecular complexity index is 986. The molecule has 1 aliphatic rings.